The molecule has 1 aromatic carbocycles. The predicted octanol–water partition coefficient (Wildman–Crippen LogP) is 2.52. The second kappa shape index (κ2) is 7.67. The highest BCUT2D eigenvalue weighted by Crippen LogP contribution is 2.18. The van der Waals surface area contributed by atoms with Crippen molar-refractivity contribution in [3.63, 3.8) is 0 Å². The SMILES string of the molecule is C[C@@H](CN1CCc2ccccc2C1)NC(=O)CCc1cccn1C. The summed E-state index contributed by atoms with van der Waals surface area (Å²) >= 11 is 0. The number of fused-ring (bicyclic) bond motifs is 1. The van der Waals surface area contributed by atoms with Gasteiger partial charge in [-0.2, -0.15) is 0 Å². The highest BCUT2D eigenvalue weighted by atomic mass is 16.1. The molecule has 0 aliphatic carbocycles. The average Bonchev–Trinajstić information content (AvgIpc) is 2.98. The van der Waals surface area contributed by atoms with E-state index in [1.807, 2.05) is 19.3 Å². The van der Waals surface area contributed by atoms with Gasteiger partial charge < -0.3 is 9.88 Å². The van der Waals surface area contributed by atoms with Gasteiger partial charge in [0.25, 0.3) is 0 Å². The maximum Gasteiger partial charge on any atom is 0.220 e. The molecule has 0 bridgehead atoms. The topological polar surface area (TPSA) is 37.3 Å². The van der Waals surface area contributed by atoms with Crippen LogP contribution in [-0.2, 0) is 31.2 Å². The monoisotopic (exact) mass is 325 g/mol. The van der Waals surface area contributed by atoms with Gasteiger partial charge in [-0.1, -0.05) is 24.3 Å². The highest BCUT2D eigenvalue weighted by Gasteiger charge is 2.18. The van der Waals surface area contributed by atoms with Crippen LogP contribution in [0.15, 0.2) is 42.6 Å². The summed E-state index contributed by atoms with van der Waals surface area (Å²) < 4.78 is 2.07. The van der Waals surface area contributed by atoms with Crippen molar-refractivity contribution in [2.45, 2.75) is 38.8 Å². The van der Waals surface area contributed by atoms with Crippen molar-refractivity contribution >= 4 is 5.91 Å². The van der Waals surface area contributed by atoms with Gasteiger partial charge in [-0.05, 0) is 43.0 Å². The van der Waals surface area contributed by atoms with Crippen molar-refractivity contribution in [2.75, 3.05) is 13.1 Å². The van der Waals surface area contributed by atoms with Crippen molar-refractivity contribution in [1.29, 1.82) is 0 Å². The van der Waals surface area contributed by atoms with Gasteiger partial charge in [0.2, 0.25) is 5.91 Å². The van der Waals surface area contributed by atoms with Crippen LogP contribution in [0.25, 0.3) is 0 Å². The molecule has 0 saturated carbocycles. The number of hydrogen-bond acceptors (Lipinski definition) is 2. The first-order valence-electron chi connectivity index (χ1n) is 8.80. The molecule has 0 radical (unpaired) electrons. The second-order valence-electron chi connectivity index (χ2n) is 6.83. The molecule has 3 rings (SSSR count). The molecule has 0 spiro atoms. The first kappa shape index (κ1) is 16.8. The van der Waals surface area contributed by atoms with E-state index in [4.69, 9.17) is 0 Å². The van der Waals surface area contributed by atoms with E-state index in [1.54, 1.807) is 0 Å². The molecule has 1 N–H and O–H groups in total. The van der Waals surface area contributed by atoms with Crippen molar-refractivity contribution in [2.24, 2.45) is 7.05 Å². The lowest BCUT2D eigenvalue weighted by Gasteiger charge is -2.31. The number of nitrogens with zero attached hydrogens (tertiary/aromatic N) is 2. The summed E-state index contributed by atoms with van der Waals surface area (Å²) in [6, 6.07) is 12.9. The van der Waals surface area contributed by atoms with E-state index in [9.17, 15) is 4.79 Å². The van der Waals surface area contributed by atoms with Crippen LogP contribution in [-0.4, -0.2) is 34.5 Å². The van der Waals surface area contributed by atoms with E-state index < -0.39 is 0 Å². The molecule has 4 heteroatoms. The fourth-order valence-electron chi connectivity index (χ4n) is 3.49. The van der Waals surface area contributed by atoms with Crippen LogP contribution in [0.5, 0.6) is 0 Å². The zero-order chi connectivity index (χ0) is 16.9. The minimum atomic E-state index is 0.140. The maximum absolute atomic E-state index is 12.2. The first-order chi connectivity index (χ1) is 11.6. The molecule has 0 saturated heterocycles. The van der Waals surface area contributed by atoms with Gasteiger partial charge in [0.1, 0.15) is 0 Å². The summed E-state index contributed by atoms with van der Waals surface area (Å²) in [7, 11) is 2.02. The van der Waals surface area contributed by atoms with Crippen LogP contribution < -0.4 is 5.32 Å². The third-order valence-electron chi connectivity index (χ3n) is 4.81. The maximum atomic E-state index is 12.2. The lowest BCUT2D eigenvalue weighted by molar-refractivity contribution is -0.121. The first-order valence-corrected chi connectivity index (χ1v) is 8.80. The molecule has 128 valence electrons. The number of aromatic nitrogens is 1. The molecule has 2 aromatic rings. The largest absolute Gasteiger partial charge is 0.354 e. The van der Waals surface area contributed by atoms with Crippen LogP contribution in [0.4, 0.5) is 0 Å². The van der Waals surface area contributed by atoms with Crippen LogP contribution in [0, 0.1) is 0 Å². The Morgan fingerprint density at radius 2 is 2.00 bits per heavy atom. The van der Waals surface area contributed by atoms with Crippen LogP contribution >= 0.6 is 0 Å². The number of benzene rings is 1. The van der Waals surface area contributed by atoms with Crippen molar-refractivity contribution < 1.29 is 4.79 Å². The number of carbonyl (C=O) groups excluding carboxylic acids is 1. The molecule has 2 heterocycles. The third kappa shape index (κ3) is 4.26. The number of rotatable bonds is 6. The van der Waals surface area contributed by atoms with E-state index in [-0.39, 0.29) is 11.9 Å². The molecule has 4 nitrogen and oxygen atoms in total. The number of carbonyl (C=O) groups is 1. The summed E-state index contributed by atoms with van der Waals surface area (Å²) in [5.74, 6) is 0.140. The Bertz CT molecular complexity index is 692. The molecule has 24 heavy (non-hydrogen) atoms. The highest BCUT2D eigenvalue weighted by molar-refractivity contribution is 5.76. The minimum absolute atomic E-state index is 0.140. The third-order valence-corrected chi connectivity index (χ3v) is 4.81. The van der Waals surface area contributed by atoms with E-state index in [2.05, 4.69) is 52.0 Å². The van der Waals surface area contributed by atoms with Gasteiger partial charge in [-0.3, -0.25) is 9.69 Å². The molecule has 1 aliphatic heterocycles. The van der Waals surface area contributed by atoms with E-state index >= 15 is 0 Å². The fraction of sp³-hybridized carbons (Fsp3) is 0.450. The van der Waals surface area contributed by atoms with Crippen molar-refractivity contribution in [3.8, 4) is 0 Å². The number of nitrogens with one attached hydrogen (secondary N) is 1. The van der Waals surface area contributed by atoms with E-state index in [1.165, 1.54) is 16.8 Å². The number of aryl methyl sites for hydroxylation is 2. The van der Waals surface area contributed by atoms with Gasteiger partial charge in [0, 0.05) is 51.0 Å². The summed E-state index contributed by atoms with van der Waals surface area (Å²) in [6.07, 6.45) is 4.46. The molecular formula is C20H27N3O. The summed E-state index contributed by atoms with van der Waals surface area (Å²) in [4.78, 5) is 14.6. The quantitative estimate of drug-likeness (QED) is 0.886. The Kier molecular flexibility index (Phi) is 5.36. The smallest absolute Gasteiger partial charge is 0.220 e. The minimum Gasteiger partial charge on any atom is -0.354 e. The Morgan fingerprint density at radius 1 is 1.21 bits per heavy atom. The van der Waals surface area contributed by atoms with Crippen LogP contribution in [0.2, 0.25) is 0 Å². The van der Waals surface area contributed by atoms with Crippen molar-refractivity contribution in [1.82, 2.24) is 14.8 Å². The molecule has 0 unspecified atom stereocenters. The van der Waals surface area contributed by atoms with Gasteiger partial charge in [-0.25, -0.2) is 0 Å². The normalized spacial score (nSPS) is 15.8. The Morgan fingerprint density at radius 3 is 2.75 bits per heavy atom. The Balaban J connectivity index is 1.43. The molecule has 1 aromatic heterocycles. The number of amides is 1. The Labute approximate surface area is 144 Å². The lowest BCUT2D eigenvalue weighted by atomic mass is 10.00. The van der Waals surface area contributed by atoms with Gasteiger partial charge >= 0.3 is 0 Å². The van der Waals surface area contributed by atoms with Crippen molar-refractivity contribution in [3.05, 3.63) is 59.4 Å². The number of hydrogen-bond donors (Lipinski definition) is 1. The second-order valence-corrected chi connectivity index (χ2v) is 6.83. The predicted molar refractivity (Wildman–Crippen MR) is 96.8 cm³/mol. The fourth-order valence-corrected chi connectivity index (χ4v) is 3.49. The zero-order valence-electron chi connectivity index (χ0n) is 14.7. The molecular weight excluding hydrogens is 298 g/mol. The lowest BCUT2D eigenvalue weighted by Crippen LogP contribution is -2.43. The summed E-state index contributed by atoms with van der Waals surface area (Å²) in [6.45, 7) is 5.06. The zero-order valence-corrected chi connectivity index (χ0v) is 14.7. The van der Waals surface area contributed by atoms with Gasteiger partial charge in [0.15, 0.2) is 0 Å². The summed E-state index contributed by atoms with van der Waals surface area (Å²) in [5, 5.41) is 3.14. The molecule has 1 aliphatic rings. The molecule has 1 atom stereocenters. The van der Waals surface area contributed by atoms with E-state index in [0.717, 1.165) is 32.5 Å². The van der Waals surface area contributed by atoms with Gasteiger partial charge in [-0.15, -0.1) is 0 Å². The Hall–Kier alpha value is -2.07. The summed E-state index contributed by atoms with van der Waals surface area (Å²) in [5.41, 5.74) is 4.09. The standard InChI is InChI=1S/C20H27N3O/c1-16(21-20(24)10-9-19-8-5-12-22(19)2)14-23-13-11-17-6-3-4-7-18(17)15-23/h3-8,12,16H,9-11,13-15H2,1-2H3,(H,21,24)/t16-/m0/s1. The molecule has 0 fully saturated rings. The average molecular weight is 325 g/mol. The van der Waals surface area contributed by atoms with Gasteiger partial charge in [0.05, 0.1) is 0 Å². The van der Waals surface area contributed by atoms with E-state index in [0.29, 0.717) is 6.42 Å². The molecule has 1 amide bonds. The van der Waals surface area contributed by atoms with Crippen LogP contribution in [0.3, 0.4) is 0 Å². The van der Waals surface area contributed by atoms with Crippen LogP contribution in [0.1, 0.15) is 30.2 Å².